The van der Waals surface area contributed by atoms with Crippen molar-refractivity contribution in [2.24, 2.45) is 0 Å². The second-order valence-electron chi connectivity index (χ2n) is 5.70. The van der Waals surface area contributed by atoms with Crippen LogP contribution in [0.15, 0.2) is 42.7 Å². The molecule has 4 rings (SSSR count). The molecule has 3 aromatic rings. The van der Waals surface area contributed by atoms with Crippen molar-refractivity contribution in [2.45, 2.75) is 13.1 Å². The predicted molar refractivity (Wildman–Crippen MR) is 87.9 cm³/mol. The standard InChI is InChI=1S/C17H16ClN3O2/c1-20(7-12-2-4-15-16(6-12)23-11-22-15)9-14-10-21-8-13(18)3-5-17(21)19-14/h2-6,8,10H,7,9,11H2,1H3. The molecule has 118 valence electrons. The molecule has 2 aromatic heterocycles. The number of benzene rings is 1. The summed E-state index contributed by atoms with van der Waals surface area (Å²) in [6, 6.07) is 9.82. The van der Waals surface area contributed by atoms with Gasteiger partial charge in [0.2, 0.25) is 6.79 Å². The molecule has 0 unspecified atom stereocenters. The van der Waals surface area contributed by atoms with Gasteiger partial charge in [-0.1, -0.05) is 17.7 Å². The normalized spacial score (nSPS) is 13.2. The van der Waals surface area contributed by atoms with E-state index in [0.29, 0.717) is 11.8 Å². The van der Waals surface area contributed by atoms with Gasteiger partial charge in [0.15, 0.2) is 11.5 Å². The molecule has 1 aromatic carbocycles. The highest BCUT2D eigenvalue weighted by Crippen LogP contribution is 2.32. The molecule has 0 saturated heterocycles. The van der Waals surface area contributed by atoms with Gasteiger partial charge in [0.1, 0.15) is 5.65 Å². The van der Waals surface area contributed by atoms with Crippen molar-refractivity contribution in [1.29, 1.82) is 0 Å². The largest absolute Gasteiger partial charge is 0.454 e. The molecule has 0 spiro atoms. The lowest BCUT2D eigenvalue weighted by molar-refractivity contribution is 0.174. The van der Waals surface area contributed by atoms with Crippen LogP contribution in [0.4, 0.5) is 0 Å². The molecule has 0 fully saturated rings. The molecule has 0 aliphatic carbocycles. The molecule has 0 bridgehead atoms. The first kappa shape index (κ1) is 14.4. The molecule has 6 heteroatoms. The Kier molecular flexibility index (Phi) is 3.59. The second kappa shape index (κ2) is 5.76. The molecule has 0 atom stereocenters. The monoisotopic (exact) mass is 329 g/mol. The quantitative estimate of drug-likeness (QED) is 0.736. The highest BCUT2D eigenvalue weighted by Gasteiger charge is 2.14. The zero-order chi connectivity index (χ0) is 15.8. The Morgan fingerprint density at radius 1 is 1.13 bits per heavy atom. The van der Waals surface area contributed by atoms with Gasteiger partial charge in [0, 0.05) is 25.5 Å². The van der Waals surface area contributed by atoms with Crippen LogP contribution in [-0.2, 0) is 13.1 Å². The maximum atomic E-state index is 6.01. The molecular weight excluding hydrogens is 314 g/mol. The average molecular weight is 330 g/mol. The van der Waals surface area contributed by atoms with Crippen LogP contribution >= 0.6 is 11.6 Å². The highest BCUT2D eigenvalue weighted by atomic mass is 35.5. The molecule has 23 heavy (non-hydrogen) atoms. The number of halogens is 1. The van der Waals surface area contributed by atoms with Crippen LogP contribution in [0.3, 0.4) is 0 Å². The third-order valence-corrected chi connectivity index (χ3v) is 4.01. The van der Waals surface area contributed by atoms with Crippen molar-refractivity contribution in [1.82, 2.24) is 14.3 Å². The fourth-order valence-corrected chi connectivity index (χ4v) is 2.94. The molecule has 0 saturated carbocycles. The molecule has 0 radical (unpaired) electrons. The number of imidazole rings is 1. The van der Waals surface area contributed by atoms with Crippen LogP contribution in [0.25, 0.3) is 5.65 Å². The van der Waals surface area contributed by atoms with Gasteiger partial charge in [0.05, 0.1) is 10.7 Å². The topological polar surface area (TPSA) is 39.0 Å². The lowest BCUT2D eigenvalue weighted by atomic mass is 10.2. The maximum Gasteiger partial charge on any atom is 0.231 e. The zero-order valence-electron chi connectivity index (χ0n) is 12.7. The van der Waals surface area contributed by atoms with E-state index in [2.05, 4.69) is 23.0 Å². The van der Waals surface area contributed by atoms with Gasteiger partial charge in [-0.25, -0.2) is 4.98 Å². The van der Waals surface area contributed by atoms with E-state index in [1.54, 1.807) is 0 Å². The van der Waals surface area contributed by atoms with E-state index >= 15 is 0 Å². The number of hydrogen-bond acceptors (Lipinski definition) is 4. The van der Waals surface area contributed by atoms with Crippen LogP contribution in [0.2, 0.25) is 5.02 Å². The van der Waals surface area contributed by atoms with E-state index in [1.807, 2.05) is 41.1 Å². The average Bonchev–Trinajstić information content (AvgIpc) is 3.11. The Bertz CT molecular complexity index is 862. The number of nitrogens with zero attached hydrogens (tertiary/aromatic N) is 3. The first-order chi connectivity index (χ1) is 11.2. The number of pyridine rings is 1. The van der Waals surface area contributed by atoms with E-state index in [1.165, 1.54) is 5.56 Å². The molecule has 0 N–H and O–H groups in total. The lowest BCUT2D eigenvalue weighted by Gasteiger charge is -2.15. The Labute approximate surface area is 139 Å². The second-order valence-corrected chi connectivity index (χ2v) is 6.14. The van der Waals surface area contributed by atoms with Crippen LogP contribution in [0.5, 0.6) is 11.5 Å². The summed E-state index contributed by atoms with van der Waals surface area (Å²) in [6.07, 6.45) is 3.88. The third-order valence-electron chi connectivity index (χ3n) is 3.79. The maximum absolute atomic E-state index is 6.01. The van der Waals surface area contributed by atoms with Gasteiger partial charge in [0.25, 0.3) is 0 Å². The fourth-order valence-electron chi connectivity index (χ4n) is 2.78. The van der Waals surface area contributed by atoms with Gasteiger partial charge in [-0.2, -0.15) is 0 Å². The van der Waals surface area contributed by atoms with Crippen molar-refractivity contribution in [2.75, 3.05) is 13.8 Å². The van der Waals surface area contributed by atoms with Gasteiger partial charge in [-0.15, -0.1) is 0 Å². The van der Waals surface area contributed by atoms with E-state index in [-0.39, 0.29) is 0 Å². The summed E-state index contributed by atoms with van der Waals surface area (Å²) in [5.41, 5.74) is 3.10. The number of aromatic nitrogens is 2. The fraction of sp³-hybridized carbons (Fsp3) is 0.235. The molecular formula is C17H16ClN3O2. The SMILES string of the molecule is CN(Cc1ccc2c(c1)OCO2)Cc1cn2cc(Cl)ccc2n1. The Morgan fingerprint density at radius 2 is 2.00 bits per heavy atom. The van der Waals surface area contributed by atoms with Crippen LogP contribution in [-0.4, -0.2) is 28.1 Å². The summed E-state index contributed by atoms with van der Waals surface area (Å²) >= 11 is 6.01. The number of rotatable bonds is 4. The summed E-state index contributed by atoms with van der Waals surface area (Å²) in [7, 11) is 2.07. The van der Waals surface area contributed by atoms with Gasteiger partial charge in [-0.3, -0.25) is 4.90 Å². The lowest BCUT2D eigenvalue weighted by Crippen LogP contribution is -2.17. The molecule has 5 nitrogen and oxygen atoms in total. The van der Waals surface area contributed by atoms with E-state index in [9.17, 15) is 0 Å². The van der Waals surface area contributed by atoms with Crippen molar-refractivity contribution >= 4 is 17.2 Å². The van der Waals surface area contributed by atoms with Gasteiger partial charge in [-0.05, 0) is 36.9 Å². The van der Waals surface area contributed by atoms with Gasteiger partial charge >= 0.3 is 0 Å². The number of fused-ring (bicyclic) bond motifs is 2. The molecule has 1 aliphatic rings. The Hall–Kier alpha value is -2.24. The van der Waals surface area contributed by atoms with Crippen molar-refractivity contribution in [3.8, 4) is 11.5 Å². The summed E-state index contributed by atoms with van der Waals surface area (Å²) in [5.74, 6) is 1.63. The number of ether oxygens (including phenoxy) is 2. The molecule has 1 aliphatic heterocycles. The first-order valence-corrected chi connectivity index (χ1v) is 7.75. The minimum absolute atomic E-state index is 0.304. The summed E-state index contributed by atoms with van der Waals surface area (Å²) in [5, 5.41) is 0.704. The van der Waals surface area contributed by atoms with Crippen LogP contribution < -0.4 is 9.47 Å². The Morgan fingerprint density at radius 3 is 2.91 bits per heavy atom. The predicted octanol–water partition coefficient (Wildman–Crippen LogP) is 3.35. The summed E-state index contributed by atoms with van der Waals surface area (Å²) in [4.78, 5) is 6.82. The van der Waals surface area contributed by atoms with Crippen molar-refractivity contribution < 1.29 is 9.47 Å². The summed E-state index contributed by atoms with van der Waals surface area (Å²) < 4.78 is 12.7. The third kappa shape index (κ3) is 2.98. The molecule has 3 heterocycles. The zero-order valence-corrected chi connectivity index (χ0v) is 13.5. The Balaban J connectivity index is 1.47. The van der Waals surface area contributed by atoms with Crippen molar-refractivity contribution in [3.63, 3.8) is 0 Å². The summed E-state index contributed by atoms with van der Waals surface area (Å²) in [6.45, 7) is 1.87. The van der Waals surface area contributed by atoms with E-state index < -0.39 is 0 Å². The smallest absolute Gasteiger partial charge is 0.231 e. The van der Waals surface area contributed by atoms with E-state index in [4.69, 9.17) is 21.1 Å². The minimum atomic E-state index is 0.304. The minimum Gasteiger partial charge on any atom is -0.454 e. The van der Waals surface area contributed by atoms with Crippen molar-refractivity contribution in [3.05, 3.63) is 59.0 Å². The first-order valence-electron chi connectivity index (χ1n) is 7.37. The highest BCUT2D eigenvalue weighted by molar-refractivity contribution is 6.30. The van der Waals surface area contributed by atoms with Crippen LogP contribution in [0, 0.1) is 0 Å². The van der Waals surface area contributed by atoms with E-state index in [0.717, 1.165) is 35.9 Å². The van der Waals surface area contributed by atoms with Crippen LogP contribution in [0.1, 0.15) is 11.3 Å². The van der Waals surface area contributed by atoms with Gasteiger partial charge < -0.3 is 13.9 Å². The number of hydrogen-bond donors (Lipinski definition) is 0. The molecule has 0 amide bonds.